The molecule has 0 unspecified atom stereocenters. The van der Waals surface area contributed by atoms with Gasteiger partial charge in [-0.2, -0.15) is 0 Å². The van der Waals surface area contributed by atoms with Crippen LogP contribution in [0.25, 0.3) is 0 Å². The van der Waals surface area contributed by atoms with E-state index in [4.69, 9.17) is 14.2 Å². The van der Waals surface area contributed by atoms with Crippen molar-refractivity contribution >= 4 is 0 Å². The third kappa shape index (κ3) is 4.00. The Balaban J connectivity index is 1.63. The lowest BCUT2D eigenvalue weighted by Gasteiger charge is -2.08. The van der Waals surface area contributed by atoms with Crippen molar-refractivity contribution in [3.8, 4) is 5.75 Å². The largest absolute Gasteiger partial charge is 0.497 e. The first kappa shape index (κ1) is 12.4. The third-order valence-corrected chi connectivity index (χ3v) is 2.77. The van der Waals surface area contributed by atoms with Crippen LogP contribution in [0.4, 0.5) is 0 Å². The van der Waals surface area contributed by atoms with Gasteiger partial charge in [0, 0.05) is 6.61 Å². The lowest BCUT2D eigenvalue weighted by atomic mass is 10.2. The third-order valence-electron chi connectivity index (χ3n) is 2.77. The Labute approximate surface area is 101 Å². The highest BCUT2D eigenvalue weighted by Gasteiger charge is 2.30. The van der Waals surface area contributed by atoms with E-state index in [-0.39, 0.29) is 12.2 Å². The van der Waals surface area contributed by atoms with Crippen LogP contribution < -0.4 is 4.74 Å². The van der Waals surface area contributed by atoms with E-state index >= 15 is 0 Å². The van der Waals surface area contributed by atoms with Gasteiger partial charge >= 0.3 is 0 Å². The van der Waals surface area contributed by atoms with Crippen LogP contribution in [-0.4, -0.2) is 37.6 Å². The highest BCUT2D eigenvalue weighted by Crippen LogP contribution is 2.16. The number of benzene rings is 1. The topological polar surface area (TPSA) is 51.2 Å². The second-order valence-electron chi connectivity index (χ2n) is 4.13. The van der Waals surface area contributed by atoms with Crippen molar-refractivity contribution in [2.24, 2.45) is 0 Å². The van der Waals surface area contributed by atoms with E-state index < -0.39 is 0 Å². The molecule has 0 spiro atoms. The normalized spacial score (nSPS) is 20.0. The Morgan fingerprint density at radius 3 is 2.71 bits per heavy atom. The van der Waals surface area contributed by atoms with Crippen molar-refractivity contribution in [2.75, 3.05) is 20.3 Å². The van der Waals surface area contributed by atoms with Gasteiger partial charge in [0.1, 0.15) is 11.9 Å². The van der Waals surface area contributed by atoms with Gasteiger partial charge < -0.3 is 19.3 Å². The summed E-state index contributed by atoms with van der Waals surface area (Å²) in [5.74, 6) is 0.843. The molecule has 0 amide bonds. The average molecular weight is 238 g/mol. The lowest BCUT2D eigenvalue weighted by molar-refractivity contribution is 0.0605. The van der Waals surface area contributed by atoms with Gasteiger partial charge in [-0.05, 0) is 24.1 Å². The van der Waals surface area contributed by atoms with Crippen molar-refractivity contribution in [2.45, 2.75) is 25.2 Å². The van der Waals surface area contributed by atoms with Crippen molar-refractivity contribution in [3.63, 3.8) is 0 Å². The second-order valence-corrected chi connectivity index (χ2v) is 4.13. The molecule has 4 nitrogen and oxygen atoms in total. The molecule has 0 radical (unpaired) electrons. The summed E-state index contributed by atoms with van der Waals surface area (Å²) in [6.45, 7) is 1.79. The minimum absolute atomic E-state index is 0.0413. The van der Waals surface area contributed by atoms with Crippen LogP contribution in [0.1, 0.15) is 12.0 Å². The van der Waals surface area contributed by atoms with E-state index in [0.717, 1.165) is 11.3 Å². The summed E-state index contributed by atoms with van der Waals surface area (Å²) in [5.41, 5.74) is 1.10. The van der Waals surface area contributed by atoms with Gasteiger partial charge in [0.25, 0.3) is 0 Å². The number of methoxy groups -OCH3 is 1. The van der Waals surface area contributed by atoms with E-state index in [9.17, 15) is 5.11 Å². The van der Waals surface area contributed by atoms with Gasteiger partial charge in [0.05, 0.1) is 26.4 Å². The lowest BCUT2D eigenvalue weighted by Crippen LogP contribution is -2.17. The van der Waals surface area contributed by atoms with Gasteiger partial charge in [-0.25, -0.2) is 0 Å². The van der Waals surface area contributed by atoms with Gasteiger partial charge in [-0.1, -0.05) is 12.1 Å². The smallest absolute Gasteiger partial charge is 0.118 e. The van der Waals surface area contributed by atoms with Crippen LogP contribution in [-0.2, 0) is 16.1 Å². The highest BCUT2D eigenvalue weighted by atomic mass is 16.6. The molecule has 1 aliphatic rings. The number of epoxide rings is 1. The zero-order valence-electron chi connectivity index (χ0n) is 9.96. The summed E-state index contributed by atoms with van der Waals surface area (Å²) >= 11 is 0. The van der Waals surface area contributed by atoms with Crippen LogP contribution in [0.5, 0.6) is 5.75 Å². The van der Waals surface area contributed by atoms with E-state index in [1.807, 2.05) is 24.3 Å². The Bertz CT molecular complexity index is 332. The van der Waals surface area contributed by atoms with Gasteiger partial charge in [0.2, 0.25) is 0 Å². The summed E-state index contributed by atoms with van der Waals surface area (Å²) in [6.07, 6.45) is 0.284. The summed E-state index contributed by atoms with van der Waals surface area (Å²) < 4.78 is 15.5. The van der Waals surface area contributed by atoms with Gasteiger partial charge in [0.15, 0.2) is 0 Å². The minimum Gasteiger partial charge on any atom is -0.497 e. The molecule has 2 atom stereocenters. The van der Waals surface area contributed by atoms with E-state index in [2.05, 4.69) is 0 Å². The van der Waals surface area contributed by atoms with Crippen LogP contribution in [0, 0.1) is 0 Å². The molecule has 1 fully saturated rings. The number of hydrogen-bond acceptors (Lipinski definition) is 4. The average Bonchev–Trinajstić information content (AvgIpc) is 3.19. The number of hydrogen-bond donors (Lipinski definition) is 1. The Morgan fingerprint density at radius 2 is 2.12 bits per heavy atom. The highest BCUT2D eigenvalue weighted by molar-refractivity contribution is 5.26. The van der Waals surface area contributed by atoms with Crippen LogP contribution in [0.2, 0.25) is 0 Å². The van der Waals surface area contributed by atoms with Crippen molar-refractivity contribution in [3.05, 3.63) is 29.8 Å². The molecule has 1 N–H and O–H groups in total. The van der Waals surface area contributed by atoms with Crippen LogP contribution in [0.3, 0.4) is 0 Å². The number of aliphatic hydroxyl groups is 1. The van der Waals surface area contributed by atoms with E-state index in [1.54, 1.807) is 7.11 Å². The summed E-state index contributed by atoms with van der Waals surface area (Å²) in [4.78, 5) is 0. The van der Waals surface area contributed by atoms with Crippen molar-refractivity contribution < 1.29 is 19.3 Å². The molecule has 17 heavy (non-hydrogen) atoms. The fourth-order valence-corrected chi connectivity index (χ4v) is 1.58. The van der Waals surface area contributed by atoms with Crippen LogP contribution in [0.15, 0.2) is 24.3 Å². The second kappa shape index (κ2) is 6.00. The monoisotopic (exact) mass is 238 g/mol. The van der Waals surface area contributed by atoms with Crippen molar-refractivity contribution in [1.82, 2.24) is 0 Å². The molecule has 4 heteroatoms. The quantitative estimate of drug-likeness (QED) is 0.575. The molecule has 0 aliphatic carbocycles. The SMILES string of the molecule is COc1ccc(COCC[C@H](O)[C@H]2CO2)cc1. The molecule has 1 aromatic rings. The van der Waals surface area contributed by atoms with Crippen molar-refractivity contribution in [1.29, 1.82) is 0 Å². The number of rotatable bonds is 7. The molecule has 0 saturated carbocycles. The zero-order chi connectivity index (χ0) is 12.1. The maximum Gasteiger partial charge on any atom is 0.118 e. The Hall–Kier alpha value is -1.10. The summed E-state index contributed by atoms with van der Waals surface area (Å²) in [7, 11) is 1.65. The Kier molecular flexibility index (Phi) is 4.36. The molecule has 0 bridgehead atoms. The van der Waals surface area contributed by atoms with Gasteiger partial charge in [-0.3, -0.25) is 0 Å². The maximum absolute atomic E-state index is 9.53. The standard InChI is InChI=1S/C13H18O4/c1-15-11-4-2-10(3-5-11)8-16-7-6-12(14)13-9-17-13/h2-5,12-14H,6-9H2,1H3/t12-,13+/m0/s1. The van der Waals surface area contributed by atoms with E-state index in [0.29, 0.717) is 26.2 Å². The first-order valence-corrected chi connectivity index (χ1v) is 5.80. The summed E-state index contributed by atoms with van der Waals surface area (Å²) in [5, 5.41) is 9.53. The predicted octanol–water partition coefficient (Wildman–Crippen LogP) is 1.36. The predicted molar refractivity (Wildman–Crippen MR) is 63.0 cm³/mol. The molecule has 1 saturated heterocycles. The first-order chi connectivity index (χ1) is 8.29. The fraction of sp³-hybridized carbons (Fsp3) is 0.538. The molecular formula is C13H18O4. The molecule has 1 aromatic carbocycles. The fourth-order valence-electron chi connectivity index (χ4n) is 1.58. The molecule has 1 aliphatic heterocycles. The molecular weight excluding hydrogens is 220 g/mol. The minimum atomic E-state index is -0.383. The van der Waals surface area contributed by atoms with E-state index in [1.165, 1.54) is 0 Å². The van der Waals surface area contributed by atoms with Gasteiger partial charge in [-0.15, -0.1) is 0 Å². The number of ether oxygens (including phenoxy) is 3. The zero-order valence-corrected chi connectivity index (χ0v) is 9.96. The molecule has 94 valence electrons. The maximum atomic E-state index is 9.53. The molecule has 1 heterocycles. The van der Waals surface area contributed by atoms with Crippen LogP contribution >= 0.6 is 0 Å². The first-order valence-electron chi connectivity index (χ1n) is 5.80. The number of aliphatic hydroxyl groups excluding tert-OH is 1. The summed E-state index contributed by atoms with van der Waals surface area (Å²) in [6, 6.07) is 7.76. The molecule has 2 rings (SSSR count). The Morgan fingerprint density at radius 1 is 1.41 bits per heavy atom. The molecule has 0 aromatic heterocycles.